The fraction of sp³-hybridized carbons (Fsp3) is 0.417. The molecule has 0 unspecified atom stereocenters. The number of nitrogens with one attached hydrogen (secondary N) is 1. The molecular formula is C12H15Cl2NO2. The van der Waals surface area contributed by atoms with Gasteiger partial charge in [0.25, 0.3) is 0 Å². The fourth-order valence-corrected chi connectivity index (χ4v) is 1.32. The first kappa shape index (κ1) is 14.1. The van der Waals surface area contributed by atoms with E-state index in [1.54, 1.807) is 6.92 Å². The first-order chi connectivity index (χ1) is 7.78. The zero-order valence-corrected chi connectivity index (χ0v) is 11.5. The van der Waals surface area contributed by atoms with Crippen LogP contribution in [-0.2, 0) is 4.74 Å². The highest BCUT2D eigenvalue weighted by Crippen LogP contribution is 2.20. The summed E-state index contributed by atoms with van der Waals surface area (Å²) in [7, 11) is 0. The second-order valence-electron chi connectivity index (χ2n) is 4.09. The van der Waals surface area contributed by atoms with Crippen molar-refractivity contribution < 1.29 is 9.53 Å². The maximum absolute atomic E-state index is 11.5. The monoisotopic (exact) mass is 275 g/mol. The fourth-order valence-electron chi connectivity index (χ4n) is 1.21. The predicted molar refractivity (Wildman–Crippen MR) is 71.0 cm³/mol. The minimum absolute atomic E-state index is 0.0627. The van der Waals surface area contributed by atoms with Gasteiger partial charge in [-0.15, -0.1) is 0 Å². The highest BCUT2D eigenvalue weighted by molar-refractivity contribution is 6.48. The van der Waals surface area contributed by atoms with Crippen molar-refractivity contribution in [1.29, 1.82) is 0 Å². The number of aryl methyl sites for hydroxylation is 2. The standard InChI is InChI=1S/C12H15Cl2NO2/c1-8-4-5-9(2)10(6-8)15-11(16)17-7-12(3,13)14/h4-6H,7H2,1-3H3,(H,15,16). The minimum Gasteiger partial charge on any atom is -0.446 e. The summed E-state index contributed by atoms with van der Waals surface area (Å²) in [6.07, 6.45) is -0.564. The number of hydrogen-bond acceptors (Lipinski definition) is 2. The van der Waals surface area contributed by atoms with Gasteiger partial charge in [0, 0.05) is 5.69 Å². The van der Waals surface area contributed by atoms with E-state index in [2.05, 4.69) is 5.32 Å². The number of amides is 1. The van der Waals surface area contributed by atoms with Crippen LogP contribution in [0.1, 0.15) is 18.1 Å². The molecular weight excluding hydrogens is 261 g/mol. The summed E-state index contributed by atoms with van der Waals surface area (Å²) in [5.41, 5.74) is 2.75. The van der Waals surface area contributed by atoms with Gasteiger partial charge in [-0.25, -0.2) is 4.79 Å². The Kier molecular flexibility index (Phi) is 4.66. The molecule has 3 nitrogen and oxygen atoms in total. The molecule has 1 N–H and O–H groups in total. The molecule has 1 aromatic carbocycles. The summed E-state index contributed by atoms with van der Waals surface area (Å²) in [6.45, 7) is 5.35. The van der Waals surface area contributed by atoms with Crippen LogP contribution >= 0.6 is 23.2 Å². The van der Waals surface area contributed by atoms with E-state index in [0.29, 0.717) is 0 Å². The first-order valence-electron chi connectivity index (χ1n) is 5.17. The van der Waals surface area contributed by atoms with Gasteiger partial charge in [-0.3, -0.25) is 5.32 Å². The molecule has 1 rings (SSSR count). The molecule has 1 aromatic rings. The van der Waals surface area contributed by atoms with Crippen LogP contribution in [0.25, 0.3) is 0 Å². The number of ether oxygens (including phenoxy) is 1. The molecule has 94 valence electrons. The molecule has 0 aliphatic heterocycles. The smallest absolute Gasteiger partial charge is 0.411 e. The summed E-state index contributed by atoms with van der Waals surface area (Å²) in [4.78, 5) is 11.5. The highest BCUT2D eigenvalue weighted by Gasteiger charge is 2.19. The van der Waals surface area contributed by atoms with E-state index in [4.69, 9.17) is 27.9 Å². The van der Waals surface area contributed by atoms with Gasteiger partial charge < -0.3 is 4.74 Å². The average molecular weight is 276 g/mol. The Morgan fingerprint density at radius 2 is 2.06 bits per heavy atom. The van der Waals surface area contributed by atoms with Crippen molar-refractivity contribution in [3.05, 3.63) is 29.3 Å². The molecule has 0 aliphatic rings. The third-order valence-corrected chi connectivity index (χ3v) is 2.30. The Morgan fingerprint density at radius 1 is 1.41 bits per heavy atom. The van der Waals surface area contributed by atoms with Crippen molar-refractivity contribution in [2.24, 2.45) is 0 Å². The summed E-state index contributed by atoms with van der Waals surface area (Å²) < 4.78 is 3.82. The van der Waals surface area contributed by atoms with E-state index in [1.165, 1.54) is 0 Å². The van der Waals surface area contributed by atoms with E-state index >= 15 is 0 Å². The van der Waals surface area contributed by atoms with E-state index in [0.717, 1.165) is 16.8 Å². The van der Waals surface area contributed by atoms with Crippen LogP contribution in [0.3, 0.4) is 0 Å². The van der Waals surface area contributed by atoms with Crippen molar-refractivity contribution in [2.45, 2.75) is 25.1 Å². The largest absolute Gasteiger partial charge is 0.446 e. The number of carbonyl (C=O) groups is 1. The highest BCUT2D eigenvalue weighted by atomic mass is 35.5. The molecule has 0 fully saturated rings. The summed E-state index contributed by atoms with van der Waals surface area (Å²) in [6, 6.07) is 5.77. The molecule has 5 heteroatoms. The van der Waals surface area contributed by atoms with Crippen LogP contribution in [0, 0.1) is 13.8 Å². The Balaban J connectivity index is 2.59. The SMILES string of the molecule is Cc1ccc(C)c(NC(=O)OCC(C)(Cl)Cl)c1. The van der Waals surface area contributed by atoms with Gasteiger partial charge in [0.2, 0.25) is 0 Å². The lowest BCUT2D eigenvalue weighted by Crippen LogP contribution is -2.23. The van der Waals surface area contributed by atoms with Gasteiger partial charge in [-0.05, 0) is 38.0 Å². The molecule has 1 amide bonds. The Hall–Kier alpha value is -0.930. The maximum Gasteiger partial charge on any atom is 0.411 e. The maximum atomic E-state index is 11.5. The molecule has 0 atom stereocenters. The van der Waals surface area contributed by atoms with Gasteiger partial charge in [0.15, 0.2) is 0 Å². The van der Waals surface area contributed by atoms with Gasteiger partial charge in [0.1, 0.15) is 10.9 Å². The lowest BCUT2D eigenvalue weighted by Gasteiger charge is -2.14. The van der Waals surface area contributed by atoms with Crippen molar-refractivity contribution in [3.63, 3.8) is 0 Å². The van der Waals surface area contributed by atoms with Crippen LogP contribution < -0.4 is 5.32 Å². The Morgan fingerprint density at radius 3 is 2.65 bits per heavy atom. The summed E-state index contributed by atoms with van der Waals surface area (Å²) in [5, 5.41) is 2.65. The van der Waals surface area contributed by atoms with E-state index < -0.39 is 10.4 Å². The number of anilines is 1. The molecule has 0 saturated heterocycles. The third-order valence-electron chi connectivity index (χ3n) is 2.09. The normalized spacial score (nSPS) is 11.1. The minimum atomic E-state index is -1.07. The van der Waals surface area contributed by atoms with E-state index in [1.807, 2.05) is 32.0 Å². The van der Waals surface area contributed by atoms with Crippen LogP contribution in [0.5, 0.6) is 0 Å². The van der Waals surface area contributed by atoms with Crippen molar-refractivity contribution in [3.8, 4) is 0 Å². The molecule has 0 radical (unpaired) electrons. The van der Waals surface area contributed by atoms with E-state index in [9.17, 15) is 4.79 Å². The second-order valence-corrected chi connectivity index (χ2v) is 5.95. The summed E-state index contributed by atoms with van der Waals surface area (Å²) >= 11 is 11.4. The number of benzene rings is 1. The molecule has 0 aliphatic carbocycles. The Labute approximate surface area is 111 Å². The first-order valence-corrected chi connectivity index (χ1v) is 5.92. The lowest BCUT2D eigenvalue weighted by atomic mass is 10.1. The van der Waals surface area contributed by atoms with Crippen LogP contribution in [0.15, 0.2) is 18.2 Å². The zero-order chi connectivity index (χ0) is 13.1. The molecule has 17 heavy (non-hydrogen) atoms. The van der Waals surface area contributed by atoms with Gasteiger partial charge in [-0.2, -0.15) is 0 Å². The zero-order valence-electron chi connectivity index (χ0n) is 10.0. The number of hydrogen-bond donors (Lipinski definition) is 1. The number of carbonyl (C=O) groups excluding carboxylic acids is 1. The van der Waals surface area contributed by atoms with Crippen molar-refractivity contribution >= 4 is 35.0 Å². The number of alkyl halides is 2. The molecule has 0 aromatic heterocycles. The molecule has 0 saturated carbocycles. The van der Waals surface area contributed by atoms with Crippen LogP contribution in [0.2, 0.25) is 0 Å². The topological polar surface area (TPSA) is 38.3 Å². The van der Waals surface area contributed by atoms with E-state index in [-0.39, 0.29) is 6.61 Å². The molecule has 0 bridgehead atoms. The third kappa shape index (κ3) is 5.29. The van der Waals surface area contributed by atoms with Crippen molar-refractivity contribution in [2.75, 3.05) is 11.9 Å². The summed E-state index contributed by atoms with van der Waals surface area (Å²) in [5.74, 6) is 0. The number of rotatable bonds is 3. The van der Waals surface area contributed by atoms with Gasteiger partial charge in [0.05, 0.1) is 0 Å². The van der Waals surface area contributed by atoms with Crippen LogP contribution in [-0.4, -0.2) is 17.0 Å². The predicted octanol–water partition coefficient (Wildman–Crippen LogP) is 4.05. The Bertz CT molecular complexity index is 413. The number of halogens is 2. The molecule has 0 spiro atoms. The average Bonchev–Trinajstić information content (AvgIpc) is 2.20. The van der Waals surface area contributed by atoms with Gasteiger partial charge in [-0.1, -0.05) is 35.3 Å². The van der Waals surface area contributed by atoms with Crippen LogP contribution in [0.4, 0.5) is 10.5 Å². The lowest BCUT2D eigenvalue weighted by molar-refractivity contribution is 0.159. The van der Waals surface area contributed by atoms with Gasteiger partial charge >= 0.3 is 6.09 Å². The quantitative estimate of drug-likeness (QED) is 0.846. The van der Waals surface area contributed by atoms with Crippen molar-refractivity contribution in [1.82, 2.24) is 0 Å². The second kappa shape index (κ2) is 5.61. The molecule has 0 heterocycles.